The molecule has 0 spiro atoms. The van der Waals surface area contributed by atoms with E-state index in [2.05, 4.69) is 80.3 Å². The second-order valence-corrected chi connectivity index (χ2v) is 5.39. The summed E-state index contributed by atoms with van der Waals surface area (Å²) in [5.41, 5.74) is 5.52. The van der Waals surface area contributed by atoms with E-state index in [1.807, 2.05) is 12.2 Å². The fourth-order valence-electron chi connectivity index (χ4n) is 2.61. The van der Waals surface area contributed by atoms with Gasteiger partial charge >= 0.3 is 0 Å². The van der Waals surface area contributed by atoms with Gasteiger partial charge in [0.05, 0.1) is 0 Å². The van der Waals surface area contributed by atoms with Crippen molar-refractivity contribution in [2.45, 2.75) is 26.2 Å². The summed E-state index contributed by atoms with van der Waals surface area (Å²) >= 11 is 0. The first kappa shape index (κ1) is 16.0. The van der Waals surface area contributed by atoms with Crippen LogP contribution in [0.2, 0.25) is 0 Å². The molecule has 2 rings (SSSR count). The zero-order valence-electron chi connectivity index (χ0n) is 13.3. The highest BCUT2D eigenvalue weighted by atomic mass is 14.1. The minimum Gasteiger partial charge on any atom is -0.0991 e. The van der Waals surface area contributed by atoms with Crippen molar-refractivity contribution in [1.29, 1.82) is 0 Å². The molecule has 0 atom stereocenters. The van der Waals surface area contributed by atoms with Gasteiger partial charge in [0, 0.05) is 0 Å². The monoisotopic (exact) mass is 288 g/mol. The number of rotatable bonds is 6. The van der Waals surface area contributed by atoms with E-state index in [0.29, 0.717) is 0 Å². The maximum Gasteiger partial charge on any atom is -0.00257 e. The predicted molar refractivity (Wildman–Crippen MR) is 97.8 cm³/mol. The van der Waals surface area contributed by atoms with Crippen molar-refractivity contribution in [2.24, 2.45) is 0 Å². The topological polar surface area (TPSA) is 0 Å². The molecule has 0 unspecified atom stereocenters. The Bertz CT molecular complexity index is 634. The smallest absolute Gasteiger partial charge is 0.00257 e. The van der Waals surface area contributed by atoms with Crippen molar-refractivity contribution in [3.63, 3.8) is 0 Å². The normalized spacial score (nSPS) is 15.4. The largest absolute Gasteiger partial charge is 0.0991 e. The van der Waals surface area contributed by atoms with Gasteiger partial charge < -0.3 is 0 Å². The predicted octanol–water partition coefficient (Wildman–Crippen LogP) is 6.12. The SMILES string of the molecule is C=C/C=C\C/C(=C\C)C1=CC(Cc2ccccc2)=CC=CC1. The van der Waals surface area contributed by atoms with Gasteiger partial charge in [0.2, 0.25) is 0 Å². The second-order valence-electron chi connectivity index (χ2n) is 5.39. The van der Waals surface area contributed by atoms with Crippen molar-refractivity contribution in [2.75, 3.05) is 0 Å². The van der Waals surface area contributed by atoms with Crippen molar-refractivity contribution < 1.29 is 0 Å². The molecular formula is C22H24. The highest BCUT2D eigenvalue weighted by Gasteiger charge is 2.06. The fourth-order valence-corrected chi connectivity index (χ4v) is 2.61. The summed E-state index contributed by atoms with van der Waals surface area (Å²) in [7, 11) is 0. The van der Waals surface area contributed by atoms with E-state index in [-0.39, 0.29) is 0 Å². The van der Waals surface area contributed by atoms with Crippen LogP contribution in [-0.4, -0.2) is 0 Å². The van der Waals surface area contributed by atoms with Crippen LogP contribution in [0.25, 0.3) is 0 Å². The lowest BCUT2D eigenvalue weighted by Crippen LogP contribution is -1.92. The third-order valence-electron chi connectivity index (χ3n) is 3.77. The third kappa shape index (κ3) is 4.89. The Hall–Kier alpha value is -2.34. The summed E-state index contributed by atoms with van der Waals surface area (Å²) in [6.07, 6.45) is 20.2. The molecule has 0 aliphatic heterocycles. The van der Waals surface area contributed by atoms with E-state index < -0.39 is 0 Å². The number of hydrogen-bond acceptors (Lipinski definition) is 0. The lowest BCUT2D eigenvalue weighted by molar-refractivity contribution is 1.11. The van der Waals surface area contributed by atoms with Gasteiger partial charge in [-0.3, -0.25) is 0 Å². The van der Waals surface area contributed by atoms with Crippen LogP contribution in [0.4, 0.5) is 0 Å². The van der Waals surface area contributed by atoms with Crippen molar-refractivity contribution in [3.05, 3.63) is 108 Å². The summed E-state index contributed by atoms with van der Waals surface area (Å²) < 4.78 is 0. The summed E-state index contributed by atoms with van der Waals surface area (Å²) in [6, 6.07) is 10.6. The zero-order valence-corrected chi connectivity index (χ0v) is 13.3. The van der Waals surface area contributed by atoms with Crippen LogP contribution in [0.15, 0.2) is 102 Å². The maximum atomic E-state index is 3.73. The molecule has 0 heterocycles. The Morgan fingerprint density at radius 1 is 1.23 bits per heavy atom. The number of benzene rings is 1. The number of allylic oxidation sites excluding steroid dienone is 11. The molecule has 0 bridgehead atoms. The van der Waals surface area contributed by atoms with Gasteiger partial charge in [-0.1, -0.05) is 85.5 Å². The molecule has 0 fully saturated rings. The summed E-state index contributed by atoms with van der Waals surface area (Å²) in [6.45, 7) is 5.85. The Balaban J connectivity index is 2.17. The van der Waals surface area contributed by atoms with Gasteiger partial charge in [-0.05, 0) is 48.5 Å². The Morgan fingerprint density at radius 3 is 2.77 bits per heavy atom. The van der Waals surface area contributed by atoms with Crippen LogP contribution in [0.1, 0.15) is 25.3 Å². The molecule has 1 aromatic rings. The van der Waals surface area contributed by atoms with Crippen LogP contribution >= 0.6 is 0 Å². The van der Waals surface area contributed by atoms with Crippen molar-refractivity contribution in [3.8, 4) is 0 Å². The van der Waals surface area contributed by atoms with E-state index in [0.717, 1.165) is 19.3 Å². The fraction of sp³-hybridized carbons (Fsp3) is 0.182. The first-order chi connectivity index (χ1) is 10.8. The second kappa shape index (κ2) is 8.84. The van der Waals surface area contributed by atoms with Crippen LogP contribution in [0.3, 0.4) is 0 Å². The van der Waals surface area contributed by atoms with Gasteiger partial charge in [-0.25, -0.2) is 0 Å². The van der Waals surface area contributed by atoms with Gasteiger partial charge in [-0.15, -0.1) is 0 Å². The van der Waals surface area contributed by atoms with E-state index in [9.17, 15) is 0 Å². The molecule has 1 aromatic carbocycles. The minimum atomic E-state index is 0.959. The molecule has 0 aromatic heterocycles. The minimum absolute atomic E-state index is 0.959. The molecule has 112 valence electrons. The first-order valence-electron chi connectivity index (χ1n) is 7.87. The summed E-state index contributed by atoms with van der Waals surface area (Å²) in [5.74, 6) is 0. The molecular weight excluding hydrogens is 264 g/mol. The summed E-state index contributed by atoms with van der Waals surface area (Å²) in [4.78, 5) is 0. The molecule has 22 heavy (non-hydrogen) atoms. The maximum absolute atomic E-state index is 3.73. The van der Waals surface area contributed by atoms with Crippen LogP contribution < -0.4 is 0 Å². The van der Waals surface area contributed by atoms with Crippen molar-refractivity contribution >= 4 is 0 Å². The molecule has 0 heteroatoms. The third-order valence-corrected chi connectivity index (χ3v) is 3.77. The number of hydrogen-bond donors (Lipinski definition) is 0. The van der Waals surface area contributed by atoms with Crippen LogP contribution in [0.5, 0.6) is 0 Å². The molecule has 0 saturated heterocycles. The average molecular weight is 288 g/mol. The average Bonchev–Trinajstić information content (AvgIpc) is 2.78. The van der Waals surface area contributed by atoms with Gasteiger partial charge in [-0.2, -0.15) is 0 Å². The molecule has 0 amide bonds. The van der Waals surface area contributed by atoms with Crippen LogP contribution in [0, 0.1) is 0 Å². The zero-order chi connectivity index (χ0) is 15.6. The molecule has 0 N–H and O–H groups in total. The Labute approximate surface area is 134 Å². The molecule has 0 saturated carbocycles. The van der Waals surface area contributed by atoms with E-state index in [1.165, 1.54) is 22.3 Å². The van der Waals surface area contributed by atoms with E-state index in [4.69, 9.17) is 0 Å². The van der Waals surface area contributed by atoms with Gasteiger partial charge in [0.25, 0.3) is 0 Å². The molecule has 0 nitrogen and oxygen atoms in total. The molecule has 0 radical (unpaired) electrons. The van der Waals surface area contributed by atoms with Crippen molar-refractivity contribution in [1.82, 2.24) is 0 Å². The van der Waals surface area contributed by atoms with Gasteiger partial charge in [0.15, 0.2) is 0 Å². The quantitative estimate of drug-likeness (QED) is 0.553. The lowest BCUT2D eigenvalue weighted by Gasteiger charge is -2.09. The molecule has 1 aliphatic rings. The van der Waals surface area contributed by atoms with E-state index in [1.54, 1.807) is 0 Å². The Morgan fingerprint density at radius 2 is 2.05 bits per heavy atom. The van der Waals surface area contributed by atoms with Gasteiger partial charge in [0.1, 0.15) is 0 Å². The first-order valence-corrected chi connectivity index (χ1v) is 7.87. The van der Waals surface area contributed by atoms with E-state index >= 15 is 0 Å². The Kier molecular flexibility index (Phi) is 6.44. The lowest BCUT2D eigenvalue weighted by atomic mass is 9.96. The van der Waals surface area contributed by atoms with Crippen LogP contribution in [-0.2, 0) is 6.42 Å². The molecule has 1 aliphatic carbocycles. The highest BCUT2D eigenvalue weighted by molar-refractivity contribution is 5.44. The standard InChI is InChI=1S/C22H24/c1-3-5-7-15-21(4-2)22-16-11-10-14-20(18-22)17-19-12-8-6-9-13-19/h3-14,18H,1,15-17H2,2H3/b7-5-,21-4+. The summed E-state index contributed by atoms with van der Waals surface area (Å²) in [5, 5.41) is 0. The highest BCUT2D eigenvalue weighted by Crippen LogP contribution is 2.24.